The molecule has 4 aromatic rings. The van der Waals surface area contributed by atoms with Crippen LogP contribution in [0.1, 0.15) is 27.0 Å². The lowest BCUT2D eigenvalue weighted by atomic mass is 10.2. The van der Waals surface area contributed by atoms with Gasteiger partial charge in [0, 0.05) is 5.02 Å². The van der Waals surface area contributed by atoms with E-state index < -0.39 is 0 Å². The lowest BCUT2D eigenvalue weighted by molar-refractivity contribution is 0.0950. The quantitative estimate of drug-likeness (QED) is 0.206. The maximum Gasteiger partial charge on any atom is 0.275 e. The first-order valence-corrected chi connectivity index (χ1v) is 11.6. The van der Waals surface area contributed by atoms with Crippen molar-refractivity contribution in [1.82, 2.24) is 5.43 Å². The van der Waals surface area contributed by atoms with Gasteiger partial charge in [0.15, 0.2) is 11.5 Å². The van der Waals surface area contributed by atoms with Gasteiger partial charge in [-0.2, -0.15) is 5.10 Å². The summed E-state index contributed by atoms with van der Waals surface area (Å²) in [5, 5.41) is 4.77. The Morgan fingerprint density at radius 3 is 2.22 bits per heavy atom. The van der Waals surface area contributed by atoms with Crippen molar-refractivity contribution in [2.45, 2.75) is 13.2 Å². The number of halogens is 1. The van der Waals surface area contributed by atoms with Gasteiger partial charge in [0.2, 0.25) is 0 Å². The molecular weight excluding hydrogens is 476 g/mol. The highest BCUT2D eigenvalue weighted by molar-refractivity contribution is 6.30. The minimum absolute atomic E-state index is 0.362. The van der Waals surface area contributed by atoms with E-state index in [1.54, 1.807) is 37.4 Å². The molecule has 0 bridgehead atoms. The molecule has 0 fully saturated rings. The molecule has 0 saturated carbocycles. The standard InChI is InChI=1S/C29H25ClN2O4/c1-34-28-17-23(13-16-27(28)36-20-22-11-14-24(30)15-12-22)18-31-32-29(33)25-9-5-6-10-26(25)35-19-21-7-3-2-4-8-21/h2-18H,19-20H2,1H3,(H,32,33)/b31-18-. The largest absolute Gasteiger partial charge is 0.493 e. The van der Waals surface area contributed by atoms with Crippen molar-refractivity contribution in [3.05, 3.63) is 124 Å². The van der Waals surface area contributed by atoms with Crippen molar-refractivity contribution in [2.75, 3.05) is 7.11 Å². The Morgan fingerprint density at radius 1 is 0.806 bits per heavy atom. The second-order valence-corrected chi connectivity index (χ2v) is 8.23. The SMILES string of the molecule is COc1cc(/C=N\NC(=O)c2ccccc2OCc2ccccc2)ccc1OCc1ccc(Cl)cc1. The van der Waals surface area contributed by atoms with E-state index in [2.05, 4.69) is 10.5 Å². The van der Waals surface area contributed by atoms with Crippen LogP contribution < -0.4 is 19.6 Å². The van der Waals surface area contributed by atoms with Crippen LogP contribution >= 0.6 is 11.6 Å². The number of rotatable bonds is 10. The highest BCUT2D eigenvalue weighted by Crippen LogP contribution is 2.28. The third-order valence-corrected chi connectivity index (χ3v) is 5.50. The Labute approximate surface area is 215 Å². The summed E-state index contributed by atoms with van der Waals surface area (Å²) in [6.45, 7) is 0.739. The van der Waals surface area contributed by atoms with Crippen molar-refractivity contribution in [3.8, 4) is 17.2 Å². The number of ether oxygens (including phenoxy) is 3. The Kier molecular flexibility index (Phi) is 8.57. The third-order valence-electron chi connectivity index (χ3n) is 5.24. The molecule has 0 aromatic heterocycles. The van der Waals surface area contributed by atoms with Crippen LogP contribution in [0.15, 0.2) is 102 Å². The molecule has 1 N–H and O–H groups in total. The highest BCUT2D eigenvalue weighted by Gasteiger charge is 2.12. The molecule has 1 amide bonds. The fraction of sp³-hybridized carbons (Fsp3) is 0.103. The number of methoxy groups -OCH3 is 1. The molecule has 182 valence electrons. The Morgan fingerprint density at radius 2 is 1.47 bits per heavy atom. The Bertz CT molecular complexity index is 1320. The van der Waals surface area contributed by atoms with Gasteiger partial charge in [0.1, 0.15) is 19.0 Å². The minimum Gasteiger partial charge on any atom is -0.493 e. The molecule has 0 saturated heterocycles. The van der Waals surface area contributed by atoms with E-state index in [0.29, 0.717) is 41.0 Å². The van der Waals surface area contributed by atoms with Gasteiger partial charge >= 0.3 is 0 Å². The van der Waals surface area contributed by atoms with E-state index in [1.165, 1.54) is 6.21 Å². The number of hydrogen-bond donors (Lipinski definition) is 1. The fourth-order valence-corrected chi connectivity index (χ4v) is 3.49. The van der Waals surface area contributed by atoms with Gasteiger partial charge in [0.25, 0.3) is 5.91 Å². The fourth-order valence-electron chi connectivity index (χ4n) is 3.37. The van der Waals surface area contributed by atoms with Crippen LogP contribution in [-0.2, 0) is 13.2 Å². The molecule has 4 rings (SSSR count). The van der Waals surface area contributed by atoms with Gasteiger partial charge in [0.05, 0.1) is 18.9 Å². The van der Waals surface area contributed by atoms with Gasteiger partial charge in [-0.15, -0.1) is 0 Å². The predicted molar refractivity (Wildman–Crippen MR) is 141 cm³/mol. The summed E-state index contributed by atoms with van der Waals surface area (Å²) < 4.78 is 17.2. The summed E-state index contributed by atoms with van der Waals surface area (Å²) in [6.07, 6.45) is 1.54. The monoisotopic (exact) mass is 500 g/mol. The molecule has 6 nitrogen and oxygen atoms in total. The lowest BCUT2D eigenvalue weighted by Gasteiger charge is -2.11. The third kappa shape index (κ3) is 6.87. The van der Waals surface area contributed by atoms with E-state index in [-0.39, 0.29) is 5.91 Å². The molecule has 36 heavy (non-hydrogen) atoms. The van der Waals surface area contributed by atoms with E-state index in [1.807, 2.05) is 66.7 Å². The zero-order valence-electron chi connectivity index (χ0n) is 19.7. The molecule has 7 heteroatoms. The summed E-state index contributed by atoms with van der Waals surface area (Å²) in [7, 11) is 1.57. The van der Waals surface area contributed by atoms with Gasteiger partial charge in [-0.3, -0.25) is 4.79 Å². The number of nitrogens with zero attached hydrogens (tertiary/aromatic N) is 1. The maximum absolute atomic E-state index is 12.7. The van der Waals surface area contributed by atoms with E-state index >= 15 is 0 Å². The number of para-hydroxylation sites is 1. The second-order valence-electron chi connectivity index (χ2n) is 7.79. The summed E-state index contributed by atoms with van der Waals surface area (Å²) in [5.74, 6) is 1.26. The molecule has 0 spiro atoms. The van der Waals surface area contributed by atoms with Crippen molar-refractivity contribution in [3.63, 3.8) is 0 Å². The van der Waals surface area contributed by atoms with Gasteiger partial charge < -0.3 is 14.2 Å². The van der Waals surface area contributed by atoms with Crippen LogP contribution in [0.3, 0.4) is 0 Å². The summed E-state index contributed by atoms with van der Waals surface area (Å²) >= 11 is 5.93. The average molecular weight is 501 g/mol. The normalized spacial score (nSPS) is 10.7. The molecule has 0 heterocycles. The number of carbonyl (C=O) groups excluding carboxylic acids is 1. The molecule has 4 aromatic carbocycles. The van der Waals surface area contributed by atoms with Gasteiger partial charge in [-0.25, -0.2) is 5.43 Å². The summed E-state index contributed by atoms with van der Waals surface area (Å²) in [5.41, 5.74) is 5.69. The molecule has 0 atom stereocenters. The maximum atomic E-state index is 12.7. The predicted octanol–water partition coefficient (Wildman–Crippen LogP) is 6.27. The topological polar surface area (TPSA) is 69.2 Å². The van der Waals surface area contributed by atoms with Crippen LogP contribution in [0.5, 0.6) is 17.2 Å². The summed E-state index contributed by atoms with van der Waals surface area (Å²) in [6, 6.07) is 29.7. The van der Waals surface area contributed by atoms with E-state index in [9.17, 15) is 4.79 Å². The minimum atomic E-state index is -0.371. The van der Waals surface area contributed by atoms with Gasteiger partial charge in [-0.05, 0) is 59.2 Å². The van der Waals surface area contributed by atoms with Crippen molar-refractivity contribution in [2.24, 2.45) is 5.10 Å². The van der Waals surface area contributed by atoms with Crippen LogP contribution in [0.2, 0.25) is 5.02 Å². The first-order chi connectivity index (χ1) is 17.6. The molecule has 0 aliphatic rings. The van der Waals surface area contributed by atoms with Crippen LogP contribution in [0.4, 0.5) is 0 Å². The summed E-state index contributed by atoms with van der Waals surface area (Å²) in [4.78, 5) is 12.7. The molecule has 0 unspecified atom stereocenters. The van der Waals surface area contributed by atoms with Crippen LogP contribution in [-0.4, -0.2) is 19.2 Å². The van der Waals surface area contributed by atoms with Crippen LogP contribution in [0.25, 0.3) is 0 Å². The Hall–Kier alpha value is -4.29. The molecule has 0 radical (unpaired) electrons. The van der Waals surface area contributed by atoms with E-state index in [4.69, 9.17) is 25.8 Å². The first kappa shape index (κ1) is 24.8. The van der Waals surface area contributed by atoms with Crippen molar-refractivity contribution >= 4 is 23.7 Å². The van der Waals surface area contributed by atoms with Crippen LogP contribution in [0, 0.1) is 0 Å². The zero-order valence-corrected chi connectivity index (χ0v) is 20.4. The van der Waals surface area contributed by atoms with E-state index in [0.717, 1.165) is 16.7 Å². The number of hydrogen-bond acceptors (Lipinski definition) is 5. The second kappa shape index (κ2) is 12.4. The first-order valence-electron chi connectivity index (χ1n) is 11.3. The van der Waals surface area contributed by atoms with Crippen molar-refractivity contribution < 1.29 is 19.0 Å². The molecular formula is C29H25ClN2O4. The van der Waals surface area contributed by atoms with Gasteiger partial charge in [-0.1, -0.05) is 66.2 Å². The molecule has 0 aliphatic heterocycles. The zero-order chi connectivity index (χ0) is 25.2. The molecule has 0 aliphatic carbocycles. The highest BCUT2D eigenvalue weighted by atomic mass is 35.5. The average Bonchev–Trinajstić information content (AvgIpc) is 2.92. The number of benzene rings is 4. The smallest absolute Gasteiger partial charge is 0.275 e. The number of amides is 1. The lowest BCUT2D eigenvalue weighted by Crippen LogP contribution is -2.18. The Balaban J connectivity index is 1.36. The number of hydrazone groups is 1. The number of nitrogens with one attached hydrogen (secondary N) is 1. The van der Waals surface area contributed by atoms with Crippen molar-refractivity contribution in [1.29, 1.82) is 0 Å². The number of carbonyl (C=O) groups is 1.